The molecule has 1 aliphatic rings. The van der Waals surface area contributed by atoms with Gasteiger partial charge in [0, 0.05) is 51.5 Å². The summed E-state index contributed by atoms with van der Waals surface area (Å²) in [5.74, 6) is 1.20. The molecular weight excluding hydrogens is 370 g/mol. The lowest BCUT2D eigenvalue weighted by atomic mass is 9.84. The van der Waals surface area contributed by atoms with E-state index in [2.05, 4.69) is 35.7 Å². The van der Waals surface area contributed by atoms with Crippen molar-refractivity contribution in [2.75, 3.05) is 46.2 Å². The van der Waals surface area contributed by atoms with Crippen molar-refractivity contribution >= 4 is 27.8 Å². The third-order valence-corrected chi connectivity index (χ3v) is 5.18. The normalized spacial score (nSPS) is 20.9. The van der Waals surface area contributed by atoms with Gasteiger partial charge in [-0.1, -0.05) is 0 Å². The minimum atomic E-state index is 0.160. The van der Waals surface area contributed by atoms with Crippen molar-refractivity contribution in [2.24, 2.45) is 5.92 Å². The molecule has 1 fully saturated rings. The number of carbonyl (C=O) groups is 1. The van der Waals surface area contributed by atoms with Crippen molar-refractivity contribution in [3.05, 3.63) is 16.9 Å². The fraction of sp³-hybridized carbons (Fsp3) is 0.706. The Morgan fingerprint density at radius 3 is 2.21 bits per heavy atom. The second kappa shape index (κ2) is 8.76. The van der Waals surface area contributed by atoms with E-state index in [-0.39, 0.29) is 11.8 Å². The number of nitrogens with zero attached hydrogens (tertiary/aromatic N) is 5. The molecule has 6 nitrogen and oxygen atoms in total. The van der Waals surface area contributed by atoms with Gasteiger partial charge in [-0.3, -0.25) is 4.79 Å². The molecule has 1 aliphatic carbocycles. The molecule has 1 amide bonds. The number of rotatable bonds is 6. The Bertz CT molecular complexity index is 528. The number of aromatic nitrogens is 2. The number of amides is 1. The van der Waals surface area contributed by atoms with Gasteiger partial charge in [0.15, 0.2) is 0 Å². The second-order valence-electron chi connectivity index (χ2n) is 6.88. The predicted molar refractivity (Wildman–Crippen MR) is 100 cm³/mol. The van der Waals surface area contributed by atoms with Crippen molar-refractivity contribution < 1.29 is 4.79 Å². The lowest BCUT2D eigenvalue weighted by Gasteiger charge is -2.35. The van der Waals surface area contributed by atoms with Crippen LogP contribution in [0.15, 0.2) is 16.9 Å². The van der Waals surface area contributed by atoms with Crippen molar-refractivity contribution in [1.29, 1.82) is 0 Å². The van der Waals surface area contributed by atoms with Crippen LogP contribution >= 0.6 is 15.9 Å². The molecule has 0 spiro atoms. The van der Waals surface area contributed by atoms with Crippen molar-refractivity contribution in [3.63, 3.8) is 0 Å². The van der Waals surface area contributed by atoms with Crippen LogP contribution in [-0.2, 0) is 4.79 Å². The van der Waals surface area contributed by atoms with Gasteiger partial charge in [0.25, 0.3) is 0 Å². The van der Waals surface area contributed by atoms with Crippen molar-refractivity contribution in [2.45, 2.75) is 31.7 Å². The van der Waals surface area contributed by atoms with Crippen LogP contribution in [0, 0.1) is 5.92 Å². The molecule has 1 aromatic heterocycles. The number of likely N-dealkylation sites (N-methyl/N-ethyl adjacent to an activating group) is 2. The van der Waals surface area contributed by atoms with E-state index in [9.17, 15) is 4.79 Å². The molecule has 0 atom stereocenters. The maximum atomic E-state index is 12.6. The smallest absolute Gasteiger partial charge is 0.225 e. The van der Waals surface area contributed by atoms with Gasteiger partial charge in [-0.15, -0.1) is 0 Å². The maximum Gasteiger partial charge on any atom is 0.225 e. The van der Waals surface area contributed by atoms with E-state index in [1.807, 2.05) is 33.1 Å². The van der Waals surface area contributed by atoms with Crippen molar-refractivity contribution in [1.82, 2.24) is 19.8 Å². The van der Waals surface area contributed by atoms with Gasteiger partial charge < -0.3 is 14.7 Å². The summed E-state index contributed by atoms with van der Waals surface area (Å²) >= 11 is 3.36. The molecule has 0 aliphatic heterocycles. The van der Waals surface area contributed by atoms with Crippen LogP contribution in [0.3, 0.4) is 0 Å². The zero-order chi connectivity index (χ0) is 17.7. The van der Waals surface area contributed by atoms with Crippen molar-refractivity contribution in [3.8, 4) is 0 Å². The summed E-state index contributed by atoms with van der Waals surface area (Å²) < 4.78 is 0.884. The fourth-order valence-electron chi connectivity index (χ4n) is 3.13. The first kappa shape index (κ1) is 19.1. The first-order chi connectivity index (χ1) is 11.4. The monoisotopic (exact) mass is 397 g/mol. The van der Waals surface area contributed by atoms with E-state index in [4.69, 9.17) is 0 Å². The fourth-order valence-corrected chi connectivity index (χ4v) is 3.34. The Hall–Kier alpha value is -1.21. The Balaban J connectivity index is 1.84. The maximum absolute atomic E-state index is 12.6. The number of anilines is 1. The van der Waals surface area contributed by atoms with E-state index < -0.39 is 0 Å². The lowest BCUT2D eigenvalue weighted by molar-refractivity contribution is -0.135. The Morgan fingerprint density at radius 1 is 1.08 bits per heavy atom. The molecule has 2 rings (SSSR count). The Labute approximate surface area is 153 Å². The molecule has 0 saturated heterocycles. The Morgan fingerprint density at radius 2 is 1.67 bits per heavy atom. The molecule has 24 heavy (non-hydrogen) atoms. The summed E-state index contributed by atoms with van der Waals surface area (Å²) in [6, 6.07) is 0.405. The summed E-state index contributed by atoms with van der Waals surface area (Å²) in [6.45, 7) is 1.69. The third kappa shape index (κ3) is 5.14. The summed E-state index contributed by atoms with van der Waals surface area (Å²) in [5.41, 5.74) is 0. The molecule has 1 aromatic rings. The van der Waals surface area contributed by atoms with Crippen LogP contribution in [0.4, 0.5) is 5.95 Å². The number of halogens is 1. The van der Waals surface area contributed by atoms with Gasteiger partial charge in [0.1, 0.15) is 0 Å². The standard InChI is InChI=1S/C17H28BrN5O/c1-21(2)9-10-22(3)16(24)13-5-7-15(8-6-13)23(4)17-19-11-14(18)12-20-17/h11-13,15H,5-10H2,1-4H3. The quantitative estimate of drug-likeness (QED) is 0.736. The minimum absolute atomic E-state index is 0.160. The molecule has 0 bridgehead atoms. The lowest BCUT2D eigenvalue weighted by Crippen LogP contribution is -2.42. The van der Waals surface area contributed by atoms with Gasteiger partial charge in [-0.05, 0) is 55.7 Å². The van der Waals surface area contributed by atoms with Crippen LogP contribution in [0.1, 0.15) is 25.7 Å². The first-order valence-electron chi connectivity index (χ1n) is 8.48. The SMILES string of the molecule is CN(C)CCN(C)C(=O)C1CCC(N(C)c2ncc(Br)cn2)CC1. The first-order valence-corrected chi connectivity index (χ1v) is 9.28. The average molecular weight is 398 g/mol. The molecule has 0 N–H and O–H groups in total. The Kier molecular flexibility index (Phi) is 6.98. The summed E-state index contributed by atoms with van der Waals surface area (Å²) in [6.07, 6.45) is 7.44. The topological polar surface area (TPSA) is 52.6 Å². The van der Waals surface area contributed by atoms with E-state index in [1.54, 1.807) is 12.4 Å². The van der Waals surface area contributed by atoms with E-state index in [0.29, 0.717) is 6.04 Å². The molecule has 0 unspecified atom stereocenters. The van der Waals surface area contributed by atoms with Crippen LogP contribution < -0.4 is 4.90 Å². The van der Waals surface area contributed by atoms with Gasteiger partial charge in [-0.2, -0.15) is 0 Å². The third-order valence-electron chi connectivity index (χ3n) is 4.77. The number of hydrogen-bond acceptors (Lipinski definition) is 5. The van der Waals surface area contributed by atoms with Crippen LogP contribution in [0.5, 0.6) is 0 Å². The highest BCUT2D eigenvalue weighted by molar-refractivity contribution is 9.10. The second-order valence-corrected chi connectivity index (χ2v) is 7.80. The largest absolute Gasteiger partial charge is 0.344 e. The molecule has 1 saturated carbocycles. The molecule has 0 aromatic carbocycles. The minimum Gasteiger partial charge on any atom is -0.344 e. The number of hydrogen-bond donors (Lipinski definition) is 0. The predicted octanol–water partition coefficient (Wildman–Crippen LogP) is 2.25. The summed E-state index contributed by atoms with van der Waals surface area (Å²) in [7, 11) is 8.02. The van der Waals surface area contributed by atoms with Gasteiger partial charge in [0.2, 0.25) is 11.9 Å². The molecule has 7 heteroatoms. The molecule has 134 valence electrons. The zero-order valence-electron chi connectivity index (χ0n) is 15.1. The van der Waals surface area contributed by atoms with Crippen LogP contribution in [0.25, 0.3) is 0 Å². The van der Waals surface area contributed by atoms with E-state index in [0.717, 1.165) is 49.2 Å². The van der Waals surface area contributed by atoms with E-state index in [1.165, 1.54) is 0 Å². The van der Waals surface area contributed by atoms with Crippen LogP contribution in [-0.4, -0.2) is 73.0 Å². The van der Waals surface area contributed by atoms with Gasteiger partial charge in [-0.25, -0.2) is 9.97 Å². The van der Waals surface area contributed by atoms with Gasteiger partial charge in [0.05, 0.1) is 4.47 Å². The summed E-state index contributed by atoms with van der Waals surface area (Å²) in [4.78, 5) is 27.4. The molecule has 0 radical (unpaired) electrons. The van der Waals surface area contributed by atoms with E-state index >= 15 is 0 Å². The zero-order valence-corrected chi connectivity index (χ0v) is 16.7. The summed E-state index contributed by atoms with van der Waals surface area (Å²) in [5, 5.41) is 0. The van der Waals surface area contributed by atoms with Crippen LogP contribution in [0.2, 0.25) is 0 Å². The van der Waals surface area contributed by atoms with Gasteiger partial charge >= 0.3 is 0 Å². The molecular formula is C17H28BrN5O. The number of carbonyl (C=O) groups excluding carboxylic acids is 1. The molecule has 1 heterocycles. The highest BCUT2D eigenvalue weighted by Gasteiger charge is 2.30. The highest BCUT2D eigenvalue weighted by atomic mass is 79.9. The average Bonchev–Trinajstić information content (AvgIpc) is 2.59. The highest BCUT2D eigenvalue weighted by Crippen LogP contribution is 2.29.